The van der Waals surface area contributed by atoms with Crippen LogP contribution in [0.25, 0.3) is 22.3 Å². The van der Waals surface area contributed by atoms with Gasteiger partial charge in [-0.1, -0.05) is 84.9 Å². The van der Waals surface area contributed by atoms with E-state index < -0.39 is 0 Å². The van der Waals surface area contributed by atoms with Gasteiger partial charge in [0.15, 0.2) is 0 Å². The summed E-state index contributed by atoms with van der Waals surface area (Å²) in [5.74, 6) is 1.55. The van der Waals surface area contributed by atoms with Crippen LogP contribution in [0.3, 0.4) is 0 Å². The molecule has 4 N–H and O–H groups in total. The Kier molecular flexibility index (Phi) is 9.79. The Bertz CT molecular complexity index is 2170. The molecule has 0 aliphatic carbocycles. The lowest BCUT2D eigenvalue weighted by molar-refractivity contribution is 0.483. The molecule has 0 saturated carbocycles. The summed E-state index contributed by atoms with van der Waals surface area (Å²) in [6, 6.07) is 70.3. The maximum Gasteiger partial charge on any atom is 0.127 e. The Hall–Kier alpha value is -7.24. The molecule has 0 radical (unpaired) electrons. The topological polar surface area (TPSA) is 57.4 Å². The molecule has 0 unspecified atom stereocenters. The molecule has 8 aromatic rings. The van der Waals surface area contributed by atoms with Gasteiger partial charge in [-0.2, -0.15) is 0 Å². The standard InChI is InChI=1S/C48H38N4O/c1-3-7-39(8-4-1)49-41-19-11-35(12-20-41)37-15-23-43(24-16-37)51-45-27-31-47(32-28-45)53-48-33-29-46(30-34-48)52-44-25-17-38(18-26-44)36-13-21-42(22-14-36)50-40-9-5-2-6-10-40/h1-34,49-52H. The number of anilines is 8. The first-order valence-electron chi connectivity index (χ1n) is 17.7. The van der Waals surface area contributed by atoms with Crippen molar-refractivity contribution in [2.45, 2.75) is 0 Å². The largest absolute Gasteiger partial charge is 0.457 e. The van der Waals surface area contributed by atoms with Crippen molar-refractivity contribution < 1.29 is 4.74 Å². The van der Waals surface area contributed by atoms with Gasteiger partial charge in [0.2, 0.25) is 0 Å². The Balaban J connectivity index is 0.812. The molecule has 0 amide bonds. The molecule has 256 valence electrons. The highest BCUT2D eigenvalue weighted by atomic mass is 16.5. The number of hydrogen-bond acceptors (Lipinski definition) is 5. The van der Waals surface area contributed by atoms with Crippen molar-refractivity contribution in [3.05, 3.63) is 206 Å². The Morgan fingerprint density at radius 2 is 0.415 bits per heavy atom. The van der Waals surface area contributed by atoms with Gasteiger partial charge >= 0.3 is 0 Å². The lowest BCUT2D eigenvalue weighted by Gasteiger charge is -2.11. The van der Waals surface area contributed by atoms with Gasteiger partial charge in [0.25, 0.3) is 0 Å². The Labute approximate surface area is 310 Å². The minimum absolute atomic E-state index is 0.774. The monoisotopic (exact) mass is 686 g/mol. The minimum atomic E-state index is 0.774. The summed E-state index contributed by atoms with van der Waals surface area (Å²) in [4.78, 5) is 0. The van der Waals surface area contributed by atoms with Crippen molar-refractivity contribution in [3.8, 4) is 33.8 Å². The van der Waals surface area contributed by atoms with Crippen LogP contribution in [0.4, 0.5) is 45.5 Å². The van der Waals surface area contributed by atoms with Crippen molar-refractivity contribution in [1.82, 2.24) is 0 Å². The molecule has 8 rings (SSSR count). The van der Waals surface area contributed by atoms with Crippen molar-refractivity contribution in [1.29, 1.82) is 0 Å². The predicted molar refractivity (Wildman–Crippen MR) is 223 cm³/mol. The lowest BCUT2D eigenvalue weighted by Crippen LogP contribution is -1.92. The zero-order valence-corrected chi connectivity index (χ0v) is 29.0. The number of ether oxygens (including phenoxy) is 1. The van der Waals surface area contributed by atoms with Crippen LogP contribution in [0.1, 0.15) is 0 Å². The molecule has 0 fully saturated rings. The zero-order chi connectivity index (χ0) is 35.7. The molecule has 0 heterocycles. The van der Waals surface area contributed by atoms with Crippen LogP contribution >= 0.6 is 0 Å². The third kappa shape index (κ3) is 8.74. The van der Waals surface area contributed by atoms with E-state index in [9.17, 15) is 0 Å². The summed E-state index contributed by atoms with van der Waals surface area (Å²) in [6.45, 7) is 0. The molecule has 5 heteroatoms. The maximum atomic E-state index is 6.14. The van der Waals surface area contributed by atoms with Gasteiger partial charge in [-0.25, -0.2) is 0 Å². The fourth-order valence-electron chi connectivity index (χ4n) is 6.04. The first-order valence-corrected chi connectivity index (χ1v) is 17.7. The van der Waals surface area contributed by atoms with E-state index in [1.54, 1.807) is 0 Å². The third-order valence-electron chi connectivity index (χ3n) is 8.85. The number of para-hydroxylation sites is 2. The van der Waals surface area contributed by atoms with Crippen LogP contribution in [0.2, 0.25) is 0 Å². The van der Waals surface area contributed by atoms with Crippen LogP contribution in [-0.4, -0.2) is 0 Å². The summed E-state index contributed by atoms with van der Waals surface area (Å²) in [7, 11) is 0. The summed E-state index contributed by atoms with van der Waals surface area (Å²) < 4.78 is 6.14. The molecule has 0 spiro atoms. The van der Waals surface area contributed by atoms with Crippen molar-refractivity contribution in [2.75, 3.05) is 21.3 Å². The van der Waals surface area contributed by atoms with Crippen LogP contribution < -0.4 is 26.0 Å². The van der Waals surface area contributed by atoms with Crippen molar-refractivity contribution in [3.63, 3.8) is 0 Å². The SMILES string of the molecule is c1ccc(Nc2ccc(-c3ccc(Nc4ccc(Oc5ccc(Nc6ccc(-c7ccc(Nc8ccccc8)cc7)cc6)cc5)cc4)cc3)cc2)cc1. The summed E-state index contributed by atoms with van der Waals surface area (Å²) in [5.41, 5.74) is 13.0. The Morgan fingerprint density at radius 3 is 0.660 bits per heavy atom. The van der Waals surface area contributed by atoms with E-state index in [1.165, 1.54) is 22.3 Å². The third-order valence-corrected chi connectivity index (χ3v) is 8.85. The van der Waals surface area contributed by atoms with Gasteiger partial charge in [0.05, 0.1) is 0 Å². The minimum Gasteiger partial charge on any atom is -0.457 e. The molecular formula is C48H38N4O. The Morgan fingerprint density at radius 1 is 0.208 bits per heavy atom. The van der Waals surface area contributed by atoms with Gasteiger partial charge in [0.1, 0.15) is 11.5 Å². The molecule has 5 nitrogen and oxygen atoms in total. The molecule has 0 aliphatic rings. The lowest BCUT2D eigenvalue weighted by atomic mass is 10.0. The number of hydrogen-bond donors (Lipinski definition) is 4. The molecule has 0 aromatic heterocycles. The van der Waals surface area contributed by atoms with E-state index in [2.05, 4.69) is 143 Å². The van der Waals surface area contributed by atoms with Gasteiger partial charge in [0, 0.05) is 45.5 Å². The van der Waals surface area contributed by atoms with E-state index >= 15 is 0 Å². The summed E-state index contributed by atoms with van der Waals surface area (Å²) >= 11 is 0. The molecule has 0 atom stereocenters. The van der Waals surface area contributed by atoms with Crippen LogP contribution in [-0.2, 0) is 0 Å². The van der Waals surface area contributed by atoms with Gasteiger partial charge < -0.3 is 26.0 Å². The van der Waals surface area contributed by atoms with Gasteiger partial charge in [-0.05, 0) is 144 Å². The molecule has 8 aromatic carbocycles. The van der Waals surface area contributed by atoms with Gasteiger partial charge in [-0.3, -0.25) is 0 Å². The first kappa shape index (κ1) is 32.9. The smallest absolute Gasteiger partial charge is 0.127 e. The highest BCUT2D eigenvalue weighted by Crippen LogP contribution is 2.30. The van der Waals surface area contributed by atoms with Crippen LogP contribution in [0.5, 0.6) is 11.5 Å². The first-order chi connectivity index (χ1) is 26.2. The maximum absolute atomic E-state index is 6.14. The van der Waals surface area contributed by atoms with Crippen LogP contribution in [0.15, 0.2) is 206 Å². The van der Waals surface area contributed by atoms with Gasteiger partial charge in [-0.15, -0.1) is 0 Å². The van der Waals surface area contributed by atoms with E-state index in [-0.39, 0.29) is 0 Å². The van der Waals surface area contributed by atoms with E-state index in [0.717, 1.165) is 57.0 Å². The quantitative estimate of drug-likeness (QED) is 0.103. The normalized spacial score (nSPS) is 10.6. The van der Waals surface area contributed by atoms with E-state index in [4.69, 9.17) is 4.74 Å². The number of nitrogens with one attached hydrogen (secondary N) is 4. The molecule has 0 saturated heterocycles. The highest BCUT2D eigenvalue weighted by Gasteiger charge is 2.04. The molecule has 0 bridgehead atoms. The fraction of sp³-hybridized carbons (Fsp3) is 0. The van der Waals surface area contributed by atoms with Crippen LogP contribution in [0, 0.1) is 0 Å². The predicted octanol–water partition coefficient (Wildman–Crippen LogP) is 13.8. The average Bonchev–Trinajstić information content (AvgIpc) is 3.21. The number of rotatable bonds is 12. The highest BCUT2D eigenvalue weighted by molar-refractivity contribution is 5.73. The second-order valence-corrected chi connectivity index (χ2v) is 12.7. The summed E-state index contributed by atoms with van der Waals surface area (Å²) in [5, 5.41) is 13.8. The van der Waals surface area contributed by atoms with E-state index in [1.807, 2.05) is 84.9 Å². The second kappa shape index (κ2) is 15.8. The summed E-state index contributed by atoms with van der Waals surface area (Å²) in [6.07, 6.45) is 0. The average molecular weight is 687 g/mol. The fourth-order valence-corrected chi connectivity index (χ4v) is 6.04. The zero-order valence-electron chi connectivity index (χ0n) is 29.0. The second-order valence-electron chi connectivity index (χ2n) is 12.7. The molecule has 53 heavy (non-hydrogen) atoms. The van der Waals surface area contributed by atoms with Crippen molar-refractivity contribution in [2.24, 2.45) is 0 Å². The number of benzene rings is 8. The molecular weight excluding hydrogens is 649 g/mol. The molecule has 0 aliphatic heterocycles. The van der Waals surface area contributed by atoms with E-state index in [0.29, 0.717) is 0 Å². The van der Waals surface area contributed by atoms with Crippen molar-refractivity contribution >= 4 is 45.5 Å².